The molecule has 1 unspecified atom stereocenters. The molecule has 3 heteroatoms. The van der Waals surface area contributed by atoms with Crippen LogP contribution in [-0.4, -0.2) is 16.5 Å². The molecule has 146 valence electrons. The van der Waals surface area contributed by atoms with Crippen molar-refractivity contribution in [1.82, 2.24) is 0 Å². The van der Waals surface area contributed by atoms with Gasteiger partial charge in [-0.1, -0.05) is 89.4 Å². The number of unbranched alkanes of at least 4 members (excludes halogenated alkanes) is 12. The Labute approximate surface area is 160 Å². The van der Waals surface area contributed by atoms with Crippen LogP contribution in [0, 0.1) is 0 Å². The summed E-state index contributed by atoms with van der Waals surface area (Å²) in [4.78, 5) is 10.3. The molecule has 1 N–H and O–H groups in total. The van der Waals surface area contributed by atoms with Gasteiger partial charge in [0.15, 0.2) is 0 Å². The van der Waals surface area contributed by atoms with Gasteiger partial charge < -0.3 is 5.11 Å². The second kappa shape index (κ2) is 19.6. The van der Waals surface area contributed by atoms with Crippen LogP contribution in [0.25, 0.3) is 0 Å². The van der Waals surface area contributed by atoms with E-state index in [1.807, 2.05) is 0 Å². The summed E-state index contributed by atoms with van der Waals surface area (Å²) in [6.07, 6.45) is 25.9. The van der Waals surface area contributed by atoms with Crippen molar-refractivity contribution < 1.29 is 9.90 Å². The zero-order chi connectivity index (χ0) is 18.6. The minimum atomic E-state index is -0.850. The number of carbonyl (C=O) groups is 1. The lowest BCUT2D eigenvalue weighted by atomic mass is 10.1. The SMILES string of the molecule is CCCCCCCCC=CC(Cl)CCCCCCCCC=CC(=O)O. The predicted octanol–water partition coefficient (Wildman–Crippen LogP) is 7.66. The molecule has 2 nitrogen and oxygen atoms in total. The van der Waals surface area contributed by atoms with Gasteiger partial charge in [-0.25, -0.2) is 4.79 Å². The van der Waals surface area contributed by atoms with Crippen molar-refractivity contribution in [2.24, 2.45) is 0 Å². The molecule has 0 radical (unpaired) electrons. The molecule has 0 amide bonds. The molecule has 0 aromatic heterocycles. The van der Waals surface area contributed by atoms with Gasteiger partial charge in [0.2, 0.25) is 0 Å². The van der Waals surface area contributed by atoms with Crippen molar-refractivity contribution >= 4 is 17.6 Å². The first-order chi connectivity index (χ1) is 12.2. The van der Waals surface area contributed by atoms with Gasteiger partial charge in [-0.15, -0.1) is 11.6 Å². The maximum absolute atomic E-state index is 10.3. The quantitative estimate of drug-likeness (QED) is 0.116. The fourth-order valence-corrected chi connectivity index (χ4v) is 3.13. The Morgan fingerprint density at radius 2 is 1.36 bits per heavy atom. The van der Waals surface area contributed by atoms with Gasteiger partial charge in [0.1, 0.15) is 0 Å². The van der Waals surface area contributed by atoms with Crippen LogP contribution in [0.2, 0.25) is 0 Å². The summed E-state index contributed by atoms with van der Waals surface area (Å²) in [6, 6.07) is 0. The third-order valence-electron chi connectivity index (χ3n) is 4.43. The first-order valence-electron chi connectivity index (χ1n) is 10.4. The molecule has 0 aromatic rings. The van der Waals surface area contributed by atoms with E-state index in [0.717, 1.165) is 19.3 Å². The van der Waals surface area contributed by atoms with Crippen LogP contribution >= 0.6 is 11.6 Å². The molecular formula is C22H39ClO2. The van der Waals surface area contributed by atoms with Gasteiger partial charge in [-0.2, -0.15) is 0 Å². The van der Waals surface area contributed by atoms with Crippen LogP contribution in [0.1, 0.15) is 103 Å². The van der Waals surface area contributed by atoms with E-state index in [9.17, 15) is 4.79 Å². The van der Waals surface area contributed by atoms with E-state index in [4.69, 9.17) is 16.7 Å². The Hall–Kier alpha value is -0.760. The summed E-state index contributed by atoms with van der Waals surface area (Å²) in [5, 5.41) is 8.67. The number of carboxylic acid groups (broad SMARTS) is 1. The first kappa shape index (κ1) is 24.2. The predicted molar refractivity (Wildman–Crippen MR) is 110 cm³/mol. The normalized spacial score (nSPS) is 13.0. The Morgan fingerprint density at radius 3 is 1.96 bits per heavy atom. The van der Waals surface area contributed by atoms with Gasteiger partial charge >= 0.3 is 5.97 Å². The van der Waals surface area contributed by atoms with Crippen LogP contribution in [0.15, 0.2) is 24.3 Å². The van der Waals surface area contributed by atoms with Gasteiger partial charge in [0, 0.05) is 6.08 Å². The summed E-state index contributed by atoms with van der Waals surface area (Å²) in [6.45, 7) is 2.26. The highest BCUT2D eigenvalue weighted by Gasteiger charge is 1.99. The van der Waals surface area contributed by atoms with E-state index in [1.165, 1.54) is 83.1 Å². The molecular weight excluding hydrogens is 332 g/mol. The topological polar surface area (TPSA) is 37.3 Å². The maximum Gasteiger partial charge on any atom is 0.327 e. The van der Waals surface area contributed by atoms with E-state index in [-0.39, 0.29) is 5.38 Å². The minimum Gasteiger partial charge on any atom is -0.478 e. The maximum atomic E-state index is 10.3. The third kappa shape index (κ3) is 21.2. The lowest BCUT2D eigenvalue weighted by Crippen LogP contribution is -1.93. The van der Waals surface area contributed by atoms with Crippen LogP contribution in [0.4, 0.5) is 0 Å². The molecule has 0 bridgehead atoms. The lowest BCUT2D eigenvalue weighted by molar-refractivity contribution is -0.131. The van der Waals surface area contributed by atoms with Gasteiger partial charge in [-0.05, 0) is 32.1 Å². The summed E-state index contributed by atoms with van der Waals surface area (Å²) < 4.78 is 0. The summed E-state index contributed by atoms with van der Waals surface area (Å²) >= 11 is 6.34. The summed E-state index contributed by atoms with van der Waals surface area (Å²) in [5.74, 6) is -0.850. The fraction of sp³-hybridized carbons (Fsp3) is 0.773. The largest absolute Gasteiger partial charge is 0.478 e. The van der Waals surface area contributed by atoms with Crippen LogP contribution in [0.3, 0.4) is 0 Å². The molecule has 1 atom stereocenters. The van der Waals surface area contributed by atoms with Gasteiger partial charge in [-0.3, -0.25) is 0 Å². The molecule has 0 heterocycles. The van der Waals surface area contributed by atoms with Crippen molar-refractivity contribution in [3.8, 4) is 0 Å². The standard InChI is InChI=1S/C22H39ClO2/c1-2-3-4-5-6-9-12-15-18-21(23)19-16-13-10-7-8-11-14-17-20-22(24)25/h15,17-18,20-21H,2-14,16,19H2,1H3,(H,24,25). The summed E-state index contributed by atoms with van der Waals surface area (Å²) in [7, 11) is 0. The van der Waals surface area contributed by atoms with E-state index in [1.54, 1.807) is 6.08 Å². The van der Waals surface area contributed by atoms with E-state index in [0.29, 0.717) is 0 Å². The fourth-order valence-electron chi connectivity index (χ4n) is 2.88. The highest BCUT2D eigenvalue weighted by Crippen LogP contribution is 2.14. The number of carboxylic acids is 1. The number of alkyl halides is 1. The number of allylic oxidation sites excluding steroid dienone is 3. The third-order valence-corrected chi connectivity index (χ3v) is 4.79. The highest BCUT2D eigenvalue weighted by molar-refractivity contribution is 6.21. The highest BCUT2D eigenvalue weighted by atomic mass is 35.5. The van der Waals surface area contributed by atoms with Crippen LogP contribution < -0.4 is 0 Å². The average Bonchev–Trinajstić information content (AvgIpc) is 2.58. The number of hydrogen-bond acceptors (Lipinski definition) is 1. The number of rotatable bonds is 18. The van der Waals surface area contributed by atoms with Crippen molar-refractivity contribution in [1.29, 1.82) is 0 Å². The van der Waals surface area contributed by atoms with E-state index in [2.05, 4.69) is 19.1 Å². The second-order valence-electron chi connectivity index (χ2n) is 6.94. The molecule has 25 heavy (non-hydrogen) atoms. The van der Waals surface area contributed by atoms with Gasteiger partial charge in [0.25, 0.3) is 0 Å². The Morgan fingerprint density at radius 1 is 0.840 bits per heavy atom. The summed E-state index contributed by atoms with van der Waals surface area (Å²) in [5.41, 5.74) is 0. The molecule has 0 saturated heterocycles. The minimum absolute atomic E-state index is 0.196. The van der Waals surface area contributed by atoms with Crippen molar-refractivity contribution in [2.45, 2.75) is 109 Å². The zero-order valence-electron chi connectivity index (χ0n) is 16.2. The van der Waals surface area contributed by atoms with Crippen molar-refractivity contribution in [3.05, 3.63) is 24.3 Å². The van der Waals surface area contributed by atoms with Crippen molar-refractivity contribution in [3.63, 3.8) is 0 Å². The molecule has 0 rings (SSSR count). The first-order valence-corrected chi connectivity index (χ1v) is 10.8. The lowest BCUT2D eigenvalue weighted by Gasteiger charge is -2.04. The molecule has 0 aliphatic heterocycles. The smallest absolute Gasteiger partial charge is 0.327 e. The molecule has 0 aromatic carbocycles. The molecule has 0 aliphatic rings. The number of aliphatic carboxylic acids is 1. The molecule has 0 aliphatic carbocycles. The monoisotopic (exact) mass is 370 g/mol. The average molecular weight is 371 g/mol. The van der Waals surface area contributed by atoms with E-state index >= 15 is 0 Å². The molecule has 0 fully saturated rings. The number of hydrogen-bond donors (Lipinski definition) is 1. The van der Waals surface area contributed by atoms with Gasteiger partial charge in [0.05, 0.1) is 5.38 Å². The van der Waals surface area contributed by atoms with Crippen LogP contribution in [-0.2, 0) is 4.79 Å². The second-order valence-corrected chi connectivity index (χ2v) is 7.50. The number of halogens is 1. The van der Waals surface area contributed by atoms with Crippen LogP contribution in [0.5, 0.6) is 0 Å². The van der Waals surface area contributed by atoms with Crippen molar-refractivity contribution in [2.75, 3.05) is 0 Å². The van der Waals surface area contributed by atoms with E-state index < -0.39 is 5.97 Å². The Bertz CT molecular complexity index is 350. The molecule has 0 spiro atoms. The Kier molecular flexibility index (Phi) is 19.0. The molecule has 0 saturated carbocycles. The zero-order valence-corrected chi connectivity index (χ0v) is 17.0. The Balaban J connectivity index is 3.30.